The highest BCUT2D eigenvalue weighted by molar-refractivity contribution is 7.13. The number of ether oxygens (including phenoxy) is 1. The van der Waals surface area contributed by atoms with Crippen LogP contribution in [0.1, 0.15) is 22.7 Å². The van der Waals surface area contributed by atoms with Gasteiger partial charge in [0.1, 0.15) is 5.75 Å². The van der Waals surface area contributed by atoms with Crippen molar-refractivity contribution in [1.82, 2.24) is 9.97 Å². The zero-order valence-electron chi connectivity index (χ0n) is 16.3. The number of allylic oxidation sites excluding steroid dienone is 1. The fourth-order valence-corrected chi connectivity index (χ4v) is 3.80. The number of benzene rings is 2. The SMILES string of the molecule is C=COc1ccc(C(/C=C/c2ccc(-c3cccnc3)cc2)c2csc(N)n2)cc1. The van der Waals surface area contributed by atoms with Gasteiger partial charge in [0.15, 0.2) is 5.13 Å². The van der Waals surface area contributed by atoms with Crippen molar-refractivity contribution in [3.63, 3.8) is 0 Å². The van der Waals surface area contributed by atoms with Crippen LogP contribution in [0.4, 0.5) is 5.13 Å². The molecule has 0 radical (unpaired) electrons. The second-order valence-electron chi connectivity index (χ2n) is 6.66. The highest BCUT2D eigenvalue weighted by Crippen LogP contribution is 2.30. The van der Waals surface area contributed by atoms with E-state index in [9.17, 15) is 0 Å². The molecule has 2 aromatic heterocycles. The molecule has 4 rings (SSSR count). The predicted octanol–water partition coefficient (Wildman–Crippen LogP) is 6.15. The van der Waals surface area contributed by atoms with Crippen LogP contribution in [-0.2, 0) is 0 Å². The summed E-state index contributed by atoms with van der Waals surface area (Å²) in [4.78, 5) is 8.69. The standard InChI is InChI=1S/C25H21N3OS/c1-2-29-22-12-10-20(11-13-22)23(24-17-30-25(26)28-24)14-7-18-5-8-19(9-6-18)21-4-3-15-27-16-21/h2-17,23H,1H2,(H2,26,28)/b14-7+. The van der Waals surface area contributed by atoms with E-state index < -0.39 is 0 Å². The molecule has 0 spiro atoms. The van der Waals surface area contributed by atoms with Crippen molar-refractivity contribution in [2.45, 2.75) is 5.92 Å². The van der Waals surface area contributed by atoms with Crippen LogP contribution < -0.4 is 10.5 Å². The van der Waals surface area contributed by atoms with E-state index >= 15 is 0 Å². The second kappa shape index (κ2) is 9.20. The van der Waals surface area contributed by atoms with Crippen LogP contribution in [0.2, 0.25) is 0 Å². The average Bonchev–Trinajstić information content (AvgIpc) is 3.22. The number of hydrogen-bond acceptors (Lipinski definition) is 5. The van der Waals surface area contributed by atoms with Gasteiger partial charge in [0.25, 0.3) is 0 Å². The van der Waals surface area contributed by atoms with Crippen LogP contribution in [-0.4, -0.2) is 9.97 Å². The summed E-state index contributed by atoms with van der Waals surface area (Å²) in [6.07, 6.45) is 9.33. The van der Waals surface area contributed by atoms with Crippen molar-refractivity contribution in [2.24, 2.45) is 0 Å². The third kappa shape index (κ3) is 4.64. The molecule has 0 aliphatic carbocycles. The first-order valence-corrected chi connectivity index (χ1v) is 10.4. The second-order valence-corrected chi connectivity index (χ2v) is 7.55. The Kier molecular flexibility index (Phi) is 6.01. The summed E-state index contributed by atoms with van der Waals surface area (Å²) in [5, 5.41) is 2.57. The molecule has 4 aromatic rings. The smallest absolute Gasteiger partial charge is 0.180 e. The molecule has 0 saturated carbocycles. The first kappa shape index (κ1) is 19.6. The number of hydrogen-bond donors (Lipinski definition) is 1. The van der Waals surface area contributed by atoms with Gasteiger partial charge in [-0.2, -0.15) is 0 Å². The van der Waals surface area contributed by atoms with Crippen molar-refractivity contribution in [3.05, 3.63) is 114 Å². The third-order valence-electron chi connectivity index (χ3n) is 4.70. The molecule has 1 atom stereocenters. The van der Waals surface area contributed by atoms with Crippen LogP contribution >= 0.6 is 11.3 Å². The van der Waals surface area contributed by atoms with E-state index in [1.54, 1.807) is 6.20 Å². The van der Waals surface area contributed by atoms with E-state index in [-0.39, 0.29) is 5.92 Å². The molecule has 0 bridgehead atoms. The van der Waals surface area contributed by atoms with Crippen molar-refractivity contribution < 1.29 is 4.74 Å². The van der Waals surface area contributed by atoms with Crippen LogP contribution in [0.15, 0.2) is 97.4 Å². The number of pyridine rings is 1. The third-order valence-corrected chi connectivity index (χ3v) is 5.40. The summed E-state index contributed by atoms with van der Waals surface area (Å²) in [7, 11) is 0. The summed E-state index contributed by atoms with van der Waals surface area (Å²) in [6, 6.07) is 20.3. The maximum atomic E-state index is 5.88. The zero-order valence-corrected chi connectivity index (χ0v) is 17.1. The van der Waals surface area contributed by atoms with Gasteiger partial charge in [-0.15, -0.1) is 11.3 Å². The van der Waals surface area contributed by atoms with Crippen molar-refractivity contribution >= 4 is 22.5 Å². The lowest BCUT2D eigenvalue weighted by molar-refractivity contribution is 0.483. The number of nitrogens with two attached hydrogens (primary N) is 1. The van der Waals surface area contributed by atoms with Gasteiger partial charge in [0.2, 0.25) is 0 Å². The van der Waals surface area contributed by atoms with Crippen LogP contribution in [0, 0.1) is 0 Å². The molecule has 0 aliphatic heterocycles. The molecule has 148 valence electrons. The van der Waals surface area contributed by atoms with Crippen LogP contribution in [0.3, 0.4) is 0 Å². The largest absolute Gasteiger partial charge is 0.466 e. The monoisotopic (exact) mass is 411 g/mol. The molecular formula is C25H21N3OS. The molecule has 0 saturated heterocycles. The normalized spacial score (nSPS) is 12.0. The van der Waals surface area contributed by atoms with Gasteiger partial charge >= 0.3 is 0 Å². The van der Waals surface area contributed by atoms with Crippen molar-refractivity contribution in [3.8, 4) is 16.9 Å². The fourth-order valence-electron chi connectivity index (χ4n) is 3.20. The Hall–Kier alpha value is -3.70. The molecule has 0 amide bonds. The maximum absolute atomic E-state index is 5.88. The fraction of sp³-hybridized carbons (Fsp3) is 0.0400. The molecule has 2 N–H and O–H groups in total. The minimum atomic E-state index is -0.00525. The lowest BCUT2D eigenvalue weighted by Gasteiger charge is -2.12. The summed E-state index contributed by atoms with van der Waals surface area (Å²) in [5.74, 6) is 0.745. The van der Waals surface area contributed by atoms with Gasteiger partial charge in [-0.05, 0) is 40.5 Å². The molecule has 0 fully saturated rings. The molecule has 5 heteroatoms. The van der Waals surface area contributed by atoms with Gasteiger partial charge in [-0.3, -0.25) is 4.98 Å². The average molecular weight is 412 g/mol. The Morgan fingerprint density at radius 3 is 2.43 bits per heavy atom. The predicted molar refractivity (Wildman–Crippen MR) is 124 cm³/mol. The number of rotatable bonds is 7. The van der Waals surface area contributed by atoms with Crippen LogP contribution in [0.25, 0.3) is 17.2 Å². The molecule has 2 heterocycles. The van der Waals surface area contributed by atoms with Gasteiger partial charge in [-0.25, -0.2) is 4.98 Å². The highest BCUT2D eigenvalue weighted by atomic mass is 32.1. The number of nitrogen functional groups attached to an aromatic ring is 1. The molecule has 1 unspecified atom stereocenters. The summed E-state index contributed by atoms with van der Waals surface area (Å²) >= 11 is 1.45. The summed E-state index contributed by atoms with van der Waals surface area (Å²) in [6.45, 7) is 3.59. The maximum Gasteiger partial charge on any atom is 0.180 e. The van der Waals surface area contributed by atoms with Crippen molar-refractivity contribution in [2.75, 3.05) is 5.73 Å². The van der Waals surface area contributed by atoms with Gasteiger partial charge < -0.3 is 10.5 Å². The quantitative estimate of drug-likeness (QED) is 0.370. The number of thiazole rings is 1. The minimum Gasteiger partial charge on any atom is -0.466 e. The van der Waals surface area contributed by atoms with Crippen molar-refractivity contribution in [1.29, 1.82) is 0 Å². The molecule has 2 aromatic carbocycles. The number of aromatic nitrogens is 2. The Morgan fingerprint density at radius 2 is 1.80 bits per heavy atom. The van der Waals surface area contributed by atoms with Gasteiger partial charge in [0.05, 0.1) is 12.0 Å². The van der Waals surface area contributed by atoms with E-state index in [1.165, 1.54) is 17.6 Å². The van der Waals surface area contributed by atoms with E-state index in [4.69, 9.17) is 10.5 Å². The Labute approximate surface area is 180 Å². The number of nitrogens with zero attached hydrogens (tertiary/aromatic N) is 2. The Morgan fingerprint density at radius 1 is 1.00 bits per heavy atom. The van der Waals surface area contributed by atoms with E-state index in [0.717, 1.165) is 33.7 Å². The first-order chi connectivity index (χ1) is 14.7. The highest BCUT2D eigenvalue weighted by Gasteiger charge is 2.14. The minimum absolute atomic E-state index is 0.00525. The van der Waals surface area contributed by atoms with E-state index in [0.29, 0.717) is 5.13 Å². The molecular weight excluding hydrogens is 390 g/mol. The van der Waals surface area contributed by atoms with Gasteiger partial charge in [-0.1, -0.05) is 61.2 Å². The lowest BCUT2D eigenvalue weighted by Crippen LogP contribution is -1.99. The van der Waals surface area contributed by atoms with E-state index in [1.807, 2.05) is 41.9 Å². The molecule has 30 heavy (non-hydrogen) atoms. The number of anilines is 1. The first-order valence-electron chi connectivity index (χ1n) is 9.50. The molecule has 0 aliphatic rings. The summed E-state index contributed by atoms with van der Waals surface area (Å²) in [5.41, 5.74) is 11.3. The van der Waals surface area contributed by atoms with Gasteiger partial charge in [0, 0.05) is 23.7 Å². The summed E-state index contributed by atoms with van der Waals surface area (Å²) < 4.78 is 5.34. The van der Waals surface area contributed by atoms with E-state index in [2.05, 4.69) is 59.0 Å². The molecule has 4 nitrogen and oxygen atoms in total. The lowest BCUT2D eigenvalue weighted by atomic mass is 9.95. The Balaban J connectivity index is 1.60. The Bertz CT molecular complexity index is 1130. The zero-order chi connectivity index (χ0) is 20.8. The topological polar surface area (TPSA) is 61.0 Å². The van der Waals surface area contributed by atoms with Crippen LogP contribution in [0.5, 0.6) is 5.75 Å².